The molecular weight excluding hydrogens is 216 g/mol. The molecule has 0 radical (unpaired) electrons. The Bertz CT molecular complexity index is 437. The zero-order chi connectivity index (χ0) is 11.4. The van der Waals surface area contributed by atoms with Crippen molar-refractivity contribution in [2.24, 2.45) is 0 Å². The van der Waals surface area contributed by atoms with Gasteiger partial charge in [0.15, 0.2) is 0 Å². The second-order valence-corrected chi connectivity index (χ2v) is 4.73. The third kappa shape index (κ3) is 2.42. The van der Waals surface area contributed by atoms with Crippen LogP contribution in [0, 0.1) is 0 Å². The highest BCUT2D eigenvalue weighted by molar-refractivity contribution is 7.10. The van der Waals surface area contributed by atoms with Gasteiger partial charge in [-0.2, -0.15) is 0 Å². The lowest BCUT2D eigenvalue weighted by atomic mass is 10.2. The standard InChI is InChI=1S/C13H16N2S/c1-3-11-6-4-8-14-13(11)15-10(2)12-7-5-9-16-12/h4-10H,3H2,1-2H3,(H,14,15). The van der Waals surface area contributed by atoms with Gasteiger partial charge in [-0.15, -0.1) is 11.3 Å². The predicted octanol–water partition coefficient (Wildman–Crippen LogP) is 3.88. The molecule has 84 valence electrons. The van der Waals surface area contributed by atoms with Crippen molar-refractivity contribution >= 4 is 17.2 Å². The van der Waals surface area contributed by atoms with Gasteiger partial charge in [-0.25, -0.2) is 4.98 Å². The van der Waals surface area contributed by atoms with Gasteiger partial charge < -0.3 is 5.32 Å². The summed E-state index contributed by atoms with van der Waals surface area (Å²) < 4.78 is 0. The molecule has 0 aliphatic carbocycles. The Morgan fingerprint density at radius 1 is 1.38 bits per heavy atom. The number of rotatable bonds is 4. The molecule has 0 amide bonds. The number of nitrogens with zero attached hydrogens (tertiary/aromatic N) is 1. The van der Waals surface area contributed by atoms with Crippen molar-refractivity contribution in [1.82, 2.24) is 4.98 Å². The van der Waals surface area contributed by atoms with E-state index in [-0.39, 0.29) is 0 Å². The SMILES string of the molecule is CCc1cccnc1NC(C)c1cccs1. The minimum atomic E-state index is 0.320. The third-order valence-electron chi connectivity index (χ3n) is 2.60. The van der Waals surface area contributed by atoms with E-state index in [0.717, 1.165) is 12.2 Å². The highest BCUT2D eigenvalue weighted by Gasteiger charge is 2.08. The summed E-state index contributed by atoms with van der Waals surface area (Å²) in [6, 6.07) is 8.66. The van der Waals surface area contributed by atoms with Crippen LogP contribution < -0.4 is 5.32 Å². The quantitative estimate of drug-likeness (QED) is 0.865. The van der Waals surface area contributed by atoms with Crippen LogP contribution in [0.1, 0.15) is 30.3 Å². The van der Waals surface area contributed by atoms with Crippen molar-refractivity contribution in [3.8, 4) is 0 Å². The average molecular weight is 232 g/mol. The molecule has 0 aliphatic heterocycles. The van der Waals surface area contributed by atoms with Crippen molar-refractivity contribution in [2.45, 2.75) is 26.3 Å². The lowest BCUT2D eigenvalue weighted by Crippen LogP contribution is -2.08. The smallest absolute Gasteiger partial charge is 0.129 e. The summed E-state index contributed by atoms with van der Waals surface area (Å²) in [5.74, 6) is 1.01. The Morgan fingerprint density at radius 3 is 2.94 bits per heavy atom. The molecule has 0 saturated heterocycles. The number of thiophene rings is 1. The van der Waals surface area contributed by atoms with E-state index in [9.17, 15) is 0 Å². The number of aromatic nitrogens is 1. The molecule has 0 fully saturated rings. The summed E-state index contributed by atoms with van der Waals surface area (Å²) in [6.07, 6.45) is 2.84. The lowest BCUT2D eigenvalue weighted by Gasteiger charge is -2.15. The zero-order valence-electron chi connectivity index (χ0n) is 9.60. The fourth-order valence-corrected chi connectivity index (χ4v) is 2.40. The second-order valence-electron chi connectivity index (χ2n) is 3.75. The van der Waals surface area contributed by atoms with E-state index < -0.39 is 0 Å². The van der Waals surface area contributed by atoms with Gasteiger partial charge in [0.05, 0.1) is 6.04 Å². The first kappa shape index (κ1) is 11.1. The first-order valence-electron chi connectivity index (χ1n) is 5.55. The average Bonchev–Trinajstić information content (AvgIpc) is 2.83. The monoisotopic (exact) mass is 232 g/mol. The number of aryl methyl sites for hydroxylation is 1. The maximum absolute atomic E-state index is 4.39. The maximum Gasteiger partial charge on any atom is 0.129 e. The molecule has 16 heavy (non-hydrogen) atoms. The molecule has 2 rings (SSSR count). The van der Waals surface area contributed by atoms with Gasteiger partial charge in [0.25, 0.3) is 0 Å². The van der Waals surface area contributed by atoms with Gasteiger partial charge in [0.1, 0.15) is 5.82 Å². The number of nitrogens with one attached hydrogen (secondary N) is 1. The molecule has 0 spiro atoms. The Hall–Kier alpha value is -1.35. The molecular formula is C13H16N2S. The maximum atomic E-state index is 4.39. The van der Waals surface area contributed by atoms with Crippen molar-refractivity contribution < 1.29 is 0 Å². The zero-order valence-corrected chi connectivity index (χ0v) is 10.4. The van der Waals surface area contributed by atoms with Crippen LogP contribution in [0.25, 0.3) is 0 Å². The van der Waals surface area contributed by atoms with E-state index in [1.54, 1.807) is 11.3 Å². The van der Waals surface area contributed by atoms with Gasteiger partial charge in [-0.3, -0.25) is 0 Å². The molecule has 0 aromatic carbocycles. The van der Waals surface area contributed by atoms with Crippen molar-refractivity contribution in [3.05, 3.63) is 46.3 Å². The van der Waals surface area contributed by atoms with Gasteiger partial charge in [-0.05, 0) is 36.4 Å². The summed E-state index contributed by atoms with van der Waals surface area (Å²) in [7, 11) is 0. The summed E-state index contributed by atoms with van der Waals surface area (Å²) in [5.41, 5.74) is 1.27. The minimum Gasteiger partial charge on any atom is -0.363 e. The second kappa shape index (κ2) is 5.12. The lowest BCUT2D eigenvalue weighted by molar-refractivity contribution is 0.887. The summed E-state index contributed by atoms with van der Waals surface area (Å²) in [4.78, 5) is 5.73. The molecule has 2 heterocycles. The van der Waals surface area contributed by atoms with Crippen molar-refractivity contribution in [2.75, 3.05) is 5.32 Å². The van der Waals surface area contributed by atoms with Crippen LogP contribution in [0.3, 0.4) is 0 Å². The van der Waals surface area contributed by atoms with Crippen LogP contribution in [0.4, 0.5) is 5.82 Å². The van der Waals surface area contributed by atoms with Gasteiger partial charge in [-0.1, -0.05) is 19.1 Å². The van der Waals surface area contributed by atoms with E-state index in [0.29, 0.717) is 6.04 Å². The Labute approximate surface area is 100 Å². The summed E-state index contributed by atoms with van der Waals surface area (Å²) in [6.45, 7) is 4.32. The first-order chi connectivity index (χ1) is 7.81. The molecule has 1 atom stereocenters. The van der Waals surface area contributed by atoms with E-state index in [1.807, 2.05) is 12.3 Å². The van der Waals surface area contributed by atoms with Crippen LogP contribution in [-0.4, -0.2) is 4.98 Å². The molecule has 2 aromatic heterocycles. The Balaban J connectivity index is 2.14. The molecule has 0 saturated carbocycles. The molecule has 0 bridgehead atoms. The number of anilines is 1. The van der Waals surface area contributed by atoms with E-state index in [4.69, 9.17) is 0 Å². The molecule has 1 unspecified atom stereocenters. The molecule has 2 aromatic rings. The van der Waals surface area contributed by atoms with Crippen LogP contribution in [0.2, 0.25) is 0 Å². The van der Waals surface area contributed by atoms with E-state index >= 15 is 0 Å². The fourth-order valence-electron chi connectivity index (χ4n) is 1.67. The Morgan fingerprint density at radius 2 is 2.25 bits per heavy atom. The van der Waals surface area contributed by atoms with Crippen LogP contribution in [0.5, 0.6) is 0 Å². The topological polar surface area (TPSA) is 24.9 Å². The number of hydrogen-bond acceptors (Lipinski definition) is 3. The summed E-state index contributed by atoms with van der Waals surface area (Å²) >= 11 is 1.77. The molecule has 1 N–H and O–H groups in total. The van der Waals surface area contributed by atoms with E-state index in [2.05, 4.69) is 47.7 Å². The number of hydrogen-bond donors (Lipinski definition) is 1. The van der Waals surface area contributed by atoms with Gasteiger partial charge in [0.2, 0.25) is 0 Å². The summed E-state index contributed by atoms with van der Waals surface area (Å²) in [5, 5.41) is 5.57. The Kier molecular flexibility index (Phi) is 3.57. The molecule has 2 nitrogen and oxygen atoms in total. The van der Waals surface area contributed by atoms with Crippen molar-refractivity contribution in [3.63, 3.8) is 0 Å². The van der Waals surface area contributed by atoms with Gasteiger partial charge in [0, 0.05) is 11.1 Å². The number of pyridine rings is 1. The van der Waals surface area contributed by atoms with E-state index in [1.165, 1.54) is 10.4 Å². The predicted molar refractivity (Wildman–Crippen MR) is 70.0 cm³/mol. The van der Waals surface area contributed by atoms with Crippen LogP contribution in [-0.2, 0) is 6.42 Å². The van der Waals surface area contributed by atoms with Crippen molar-refractivity contribution in [1.29, 1.82) is 0 Å². The normalized spacial score (nSPS) is 12.4. The third-order valence-corrected chi connectivity index (χ3v) is 3.65. The van der Waals surface area contributed by atoms with Crippen LogP contribution >= 0.6 is 11.3 Å². The van der Waals surface area contributed by atoms with Gasteiger partial charge >= 0.3 is 0 Å². The minimum absolute atomic E-state index is 0.320. The fraction of sp³-hybridized carbons (Fsp3) is 0.308. The first-order valence-corrected chi connectivity index (χ1v) is 6.43. The highest BCUT2D eigenvalue weighted by atomic mass is 32.1. The van der Waals surface area contributed by atoms with Crippen LogP contribution in [0.15, 0.2) is 35.8 Å². The largest absolute Gasteiger partial charge is 0.363 e. The highest BCUT2D eigenvalue weighted by Crippen LogP contribution is 2.23. The molecule has 3 heteroatoms. The molecule has 0 aliphatic rings.